The lowest BCUT2D eigenvalue weighted by molar-refractivity contribution is 0.469. The first kappa shape index (κ1) is 12.1. The summed E-state index contributed by atoms with van der Waals surface area (Å²) in [6, 6.07) is 11.3. The van der Waals surface area contributed by atoms with E-state index in [0.717, 1.165) is 29.7 Å². The van der Waals surface area contributed by atoms with Crippen molar-refractivity contribution in [2.24, 2.45) is 0 Å². The van der Waals surface area contributed by atoms with E-state index < -0.39 is 5.76 Å². The Morgan fingerprint density at radius 3 is 3.10 bits per heavy atom. The van der Waals surface area contributed by atoms with E-state index in [1.807, 2.05) is 24.3 Å². The number of hydrogen-bond acceptors (Lipinski definition) is 4. The van der Waals surface area contributed by atoms with E-state index >= 15 is 0 Å². The summed E-state index contributed by atoms with van der Waals surface area (Å²) in [5.41, 5.74) is 4.30. The Kier molecular flexibility index (Phi) is 2.54. The van der Waals surface area contributed by atoms with Gasteiger partial charge in [-0.1, -0.05) is 12.1 Å². The number of fused-ring (bicyclic) bond motifs is 2. The molecule has 0 bridgehead atoms. The van der Waals surface area contributed by atoms with Crippen molar-refractivity contribution >= 4 is 16.8 Å². The van der Waals surface area contributed by atoms with E-state index in [2.05, 4.69) is 10.3 Å². The molecule has 0 spiro atoms. The zero-order chi connectivity index (χ0) is 14.4. The van der Waals surface area contributed by atoms with Crippen molar-refractivity contribution in [2.75, 3.05) is 5.32 Å². The van der Waals surface area contributed by atoms with Crippen LogP contribution in [-0.2, 0) is 6.42 Å². The van der Waals surface area contributed by atoms with Crippen LogP contribution in [0.15, 0.2) is 45.6 Å². The number of anilines is 1. The molecule has 1 aliphatic rings. The second kappa shape index (κ2) is 4.41. The largest absolute Gasteiger partial charge is 0.508 e. The lowest BCUT2D eigenvalue weighted by atomic mass is 10.1. The van der Waals surface area contributed by atoms with Crippen LogP contribution in [0.2, 0.25) is 0 Å². The normalized spacial score (nSPS) is 17.0. The Morgan fingerprint density at radius 2 is 2.19 bits per heavy atom. The second-order valence-electron chi connectivity index (χ2n) is 5.31. The summed E-state index contributed by atoms with van der Waals surface area (Å²) in [6.07, 6.45) is 1.80. The van der Waals surface area contributed by atoms with Crippen LogP contribution in [-0.4, -0.2) is 10.1 Å². The second-order valence-corrected chi connectivity index (χ2v) is 5.31. The molecule has 5 heteroatoms. The highest BCUT2D eigenvalue weighted by atomic mass is 16.4. The van der Waals surface area contributed by atoms with Crippen LogP contribution >= 0.6 is 0 Å². The third-order valence-corrected chi connectivity index (χ3v) is 4.01. The molecule has 5 nitrogen and oxygen atoms in total. The SMILES string of the molecule is O=c1[nH]c2cc(NC3CCc4c(O)cccc43)ccc2o1. The van der Waals surface area contributed by atoms with Crippen LogP contribution < -0.4 is 11.1 Å². The number of aromatic nitrogens is 1. The summed E-state index contributed by atoms with van der Waals surface area (Å²) in [7, 11) is 0. The highest BCUT2D eigenvalue weighted by Gasteiger charge is 2.24. The van der Waals surface area contributed by atoms with Gasteiger partial charge in [0.2, 0.25) is 0 Å². The minimum atomic E-state index is -0.446. The molecular formula is C16H14N2O3. The fourth-order valence-corrected chi connectivity index (χ4v) is 3.03. The van der Waals surface area contributed by atoms with Crippen LogP contribution in [0.3, 0.4) is 0 Å². The number of rotatable bonds is 2. The van der Waals surface area contributed by atoms with Crippen molar-refractivity contribution in [3.05, 3.63) is 58.1 Å². The number of H-pyrrole nitrogens is 1. The molecule has 0 saturated carbocycles. The molecule has 1 atom stereocenters. The molecule has 1 aromatic heterocycles. The van der Waals surface area contributed by atoms with Crippen LogP contribution in [0, 0.1) is 0 Å². The number of aromatic amines is 1. The van der Waals surface area contributed by atoms with Gasteiger partial charge in [0, 0.05) is 5.69 Å². The number of benzene rings is 2. The summed E-state index contributed by atoms with van der Waals surface area (Å²) in [6.45, 7) is 0. The van der Waals surface area contributed by atoms with Gasteiger partial charge in [-0.3, -0.25) is 4.98 Å². The number of hydrogen-bond donors (Lipinski definition) is 3. The summed E-state index contributed by atoms with van der Waals surface area (Å²) >= 11 is 0. The third kappa shape index (κ3) is 1.98. The molecule has 0 saturated heterocycles. The number of phenolic OH excluding ortho intramolecular Hbond substituents is 1. The molecule has 4 rings (SSSR count). The van der Waals surface area contributed by atoms with Crippen molar-refractivity contribution in [3.8, 4) is 5.75 Å². The first-order valence-electron chi connectivity index (χ1n) is 6.91. The van der Waals surface area contributed by atoms with Gasteiger partial charge in [0.15, 0.2) is 5.58 Å². The summed E-state index contributed by atoms with van der Waals surface area (Å²) < 4.78 is 4.99. The molecule has 106 valence electrons. The molecule has 1 unspecified atom stereocenters. The molecular weight excluding hydrogens is 268 g/mol. The minimum Gasteiger partial charge on any atom is -0.508 e. The molecule has 3 aromatic rings. The summed E-state index contributed by atoms with van der Waals surface area (Å²) in [5, 5.41) is 13.3. The molecule has 2 aromatic carbocycles. The zero-order valence-electron chi connectivity index (χ0n) is 11.2. The molecule has 21 heavy (non-hydrogen) atoms. The highest BCUT2D eigenvalue weighted by molar-refractivity contribution is 5.77. The van der Waals surface area contributed by atoms with E-state index in [1.165, 1.54) is 0 Å². The fraction of sp³-hybridized carbons (Fsp3) is 0.188. The average Bonchev–Trinajstić information content (AvgIpc) is 3.02. The Morgan fingerprint density at radius 1 is 1.29 bits per heavy atom. The van der Waals surface area contributed by atoms with Crippen molar-refractivity contribution < 1.29 is 9.52 Å². The van der Waals surface area contributed by atoms with Crippen LogP contribution in [0.5, 0.6) is 5.75 Å². The number of aromatic hydroxyl groups is 1. The van der Waals surface area contributed by atoms with Crippen LogP contribution in [0.25, 0.3) is 11.1 Å². The van der Waals surface area contributed by atoms with Crippen LogP contribution in [0.1, 0.15) is 23.6 Å². The first-order chi connectivity index (χ1) is 10.2. The quantitative estimate of drug-likeness (QED) is 0.675. The van der Waals surface area contributed by atoms with Crippen molar-refractivity contribution in [1.82, 2.24) is 4.98 Å². The van der Waals surface area contributed by atoms with Gasteiger partial charge in [0.25, 0.3) is 0 Å². The maximum Gasteiger partial charge on any atom is 0.417 e. The molecule has 0 amide bonds. The third-order valence-electron chi connectivity index (χ3n) is 4.01. The van der Waals surface area contributed by atoms with Gasteiger partial charge in [-0.25, -0.2) is 4.79 Å². The van der Waals surface area contributed by atoms with Gasteiger partial charge in [-0.2, -0.15) is 0 Å². The van der Waals surface area contributed by atoms with Gasteiger partial charge in [-0.15, -0.1) is 0 Å². The Bertz CT molecular complexity index is 879. The maximum absolute atomic E-state index is 11.2. The topological polar surface area (TPSA) is 78.3 Å². The lowest BCUT2D eigenvalue weighted by Crippen LogP contribution is -2.06. The molecule has 0 aliphatic heterocycles. The van der Waals surface area contributed by atoms with Gasteiger partial charge < -0.3 is 14.8 Å². The summed E-state index contributed by atoms with van der Waals surface area (Å²) in [5.74, 6) is -0.0790. The van der Waals surface area contributed by atoms with Gasteiger partial charge >= 0.3 is 5.76 Å². The van der Waals surface area contributed by atoms with E-state index in [9.17, 15) is 9.90 Å². The maximum atomic E-state index is 11.2. The van der Waals surface area contributed by atoms with Gasteiger partial charge in [0.1, 0.15) is 5.75 Å². The molecule has 1 heterocycles. The number of phenols is 1. The van der Waals surface area contributed by atoms with E-state index in [0.29, 0.717) is 16.8 Å². The smallest absolute Gasteiger partial charge is 0.417 e. The standard InChI is InChI=1S/C16H14N2O3/c19-14-3-1-2-10-11(14)5-6-12(10)17-9-4-7-15-13(8-9)18-16(20)21-15/h1-4,7-8,12,17,19H,5-6H2,(H,18,20). The molecule has 3 N–H and O–H groups in total. The fourth-order valence-electron chi connectivity index (χ4n) is 3.03. The first-order valence-corrected chi connectivity index (χ1v) is 6.91. The van der Waals surface area contributed by atoms with Crippen molar-refractivity contribution in [3.63, 3.8) is 0 Å². The Balaban J connectivity index is 1.67. The minimum absolute atomic E-state index is 0.170. The predicted octanol–water partition coefficient (Wildman–Crippen LogP) is 2.93. The Labute approximate surface area is 120 Å². The molecule has 0 radical (unpaired) electrons. The van der Waals surface area contributed by atoms with Crippen molar-refractivity contribution in [1.29, 1.82) is 0 Å². The average molecular weight is 282 g/mol. The molecule has 0 fully saturated rings. The van der Waals surface area contributed by atoms with Gasteiger partial charge in [0.05, 0.1) is 11.6 Å². The highest BCUT2D eigenvalue weighted by Crippen LogP contribution is 2.38. The monoisotopic (exact) mass is 282 g/mol. The lowest BCUT2D eigenvalue weighted by Gasteiger charge is -2.15. The summed E-state index contributed by atoms with van der Waals surface area (Å²) in [4.78, 5) is 13.8. The van der Waals surface area contributed by atoms with Crippen LogP contribution in [0.4, 0.5) is 5.69 Å². The predicted molar refractivity (Wildman–Crippen MR) is 79.6 cm³/mol. The van der Waals surface area contributed by atoms with Crippen molar-refractivity contribution in [2.45, 2.75) is 18.9 Å². The van der Waals surface area contributed by atoms with Gasteiger partial charge in [-0.05, 0) is 48.2 Å². The van der Waals surface area contributed by atoms with E-state index in [-0.39, 0.29) is 6.04 Å². The van der Waals surface area contributed by atoms with E-state index in [1.54, 1.807) is 12.1 Å². The molecule has 1 aliphatic carbocycles. The number of nitrogens with one attached hydrogen (secondary N) is 2. The zero-order valence-corrected chi connectivity index (χ0v) is 11.2. The van der Waals surface area contributed by atoms with E-state index in [4.69, 9.17) is 4.42 Å². The number of oxazole rings is 1. The Hall–Kier alpha value is -2.69.